The monoisotopic (exact) mass is 556 g/mol. The highest BCUT2D eigenvalue weighted by molar-refractivity contribution is 5.94. The first kappa shape index (κ1) is 28.1. The summed E-state index contributed by atoms with van der Waals surface area (Å²) in [5.74, 6) is -0.806. The molecule has 2 aliphatic heterocycles. The van der Waals surface area contributed by atoms with Gasteiger partial charge in [0.15, 0.2) is 0 Å². The van der Waals surface area contributed by atoms with Crippen molar-refractivity contribution in [3.8, 4) is 0 Å². The van der Waals surface area contributed by atoms with E-state index in [2.05, 4.69) is 16.7 Å². The third kappa shape index (κ3) is 6.51. The first-order valence-corrected chi connectivity index (χ1v) is 14.3. The van der Waals surface area contributed by atoms with E-state index in [0.717, 1.165) is 27.5 Å². The van der Waals surface area contributed by atoms with Gasteiger partial charge in [0, 0.05) is 50.6 Å². The van der Waals surface area contributed by atoms with Gasteiger partial charge in [-0.2, -0.15) is 0 Å². The number of likely N-dealkylation sites (tertiary alicyclic amines) is 1. The predicted molar refractivity (Wildman–Crippen MR) is 155 cm³/mol. The Balaban J connectivity index is 1.33. The van der Waals surface area contributed by atoms with Gasteiger partial charge in [-0.25, -0.2) is 4.79 Å². The fourth-order valence-electron chi connectivity index (χ4n) is 5.79. The number of nitrogens with zero attached hydrogens (tertiary/aromatic N) is 2. The lowest BCUT2D eigenvalue weighted by atomic mass is 9.94. The lowest BCUT2D eigenvalue weighted by Crippen LogP contribution is -2.53. The molecule has 41 heavy (non-hydrogen) atoms. The van der Waals surface area contributed by atoms with E-state index < -0.39 is 12.1 Å². The number of fused-ring (bicyclic) bond motifs is 2. The molecule has 2 heterocycles. The highest BCUT2D eigenvalue weighted by atomic mass is 16.4. The number of benzene rings is 3. The molecule has 2 aliphatic rings. The van der Waals surface area contributed by atoms with Crippen LogP contribution in [0.1, 0.15) is 46.8 Å². The molecule has 1 unspecified atom stereocenters. The van der Waals surface area contributed by atoms with Gasteiger partial charge in [0.1, 0.15) is 6.04 Å². The summed E-state index contributed by atoms with van der Waals surface area (Å²) in [6.45, 7) is 3.94. The zero-order valence-corrected chi connectivity index (χ0v) is 23.3. The van der Waals surface area contributed by atoms with Gasteiger partial charge < -0.3 is 25.5 Å². The van der Waals surface area contributed by atoms with Gasteiger partial charge in [0.25, 0.3) is 5.91 Å². The standard InChI is InChI=1S/C32H36N4O5/c1-2-33-29(37)26-9-10-27-20-36(16-13-25(27)19-26)31(39)28(18-21-7-8-22-5-3-4-6-24(22)17-21)34-30(38)23-11-14-35(15-12-23)32(40)41/h3-10,17,19,23,28H,2,11-16,18,20H2,1H3,(H,33,37)(H,34,38)(H,40,41). The number of hydrogen-bond donors (Lipinski definition) is 3. The summed E-state index contributed by atoms with van der Waals surface area (Å²) in [7, 11) is 0. The largest absolute Gasteiger partial charge is 0.465 e. The van der Waals surface area contributed by atoms with Crippen LogP contribution < -0.4 is 10.6 Å². The minimum atomic E-state index is -0.975. The third-order valence-electron chi connectivity index (χ3n) is 8.13. The van der Waals surface area contributed by atoms with Crippen LogP contribution in [0.2, 0.25) is 0 Å². The highest BCUT2D eigenvalue weighted by Gasteiger charge is 2.33. The van der Waals surface area contributed by atoms with Crippen LogP contribution in [0.25, 0.3) is 10.8 Å². The zero-order chi connectivity index (χ0) is 28.9. The van der Waals surface area contributed by atoms with Gasteiger partial charge >= 0.3 is 6.09 Å². The Morgan fingerprint density at radius 2 is 1.66 bits per heavy atom. The molecule has 0 aromatic heterocycles. The first-order valence-electron chi connectivity index (χ1n) is 14.3. The second kappa shape index (κ2) is 12.4. The predicted octanol–water partition coefficient (Wildman–Crippen LogP) is 3.59. The van der Waals surface area contributed by atoms with Crippen molar-refractivity contribution in [2.45, 2.75) is 45.2 Å². The normalized spacial score (nSPS) is 16.1. The quantitative estimate of drug-likeness (QED) is 0.411. The van der Waals surface area contributed by atoms with E-state index in [1.54, 1.807) is 11.0 Å². The van der Waals surface area contributed by atoms with Crippen LogP contribution in [0.3, 0.4) is 0 Å². The first-order chi connectivity index (χ1) is 19.8. The van der Waals surface area contributed by atoms with Gasteiger partial charge in [0.05, 0.1) is 0 Å². The van der Waals surface area contributed by atoms with Crippen LogP contribution in [0.15, 0.2) is 60.7 Å². The second-order valence-electron chi connectivity index (χ2n) is 10.8. The number of hydrogen-bond acceptors (Lipinski definition) is 4. The maximum Gasteiger partial charge on any atom is 0.407 e. The van der Waals surface area contributed by atoms with Crippen molar-refractivity contribution >= 4 is 34.6 Å². The molecule has 3 aromatic rings. The van der Waals surface area contributed by atoms with E-state index in [0.29, 0.717) is 64.0 Å². The van der Waals surface area contributed by atoms with Crippen molar-refractivity contribution in [1.82, 2.24) is 20.4 Å². The van der Waals surface area contributed by atoms with E-state index in [1.807, 2.05) is 55.5 Å². The molecule has 4 amide bonds. The molecule has 1 atom stereocenters. The maximum absolute atomic E-state index is 14.0. The fraction of sp³-hybridized carbons (Fsp3) is 0.375. The third-order valence-corrected chi connectivity index (χ3v) is 8.13. The molecule has 1 saturated heterocycles. The number of amides is 4. The fourth-order valence-corrected chi connectivity index (χ4v) is 5.79. The minimum Gasteiger partial charge on any atom is -0.465 e. The Hall–Kier alpha value is -4.40. The molecule has 0 saturated carbocycles. The molecule has 5 rings (SSSR count). The Morgan fingerprint density at radius 1 is 0.902 bits per heavy atom. The van der Waals surface area contributed by atoms with Crippen molar-refractivity contribution in [1.29, 1.82) is 0 Å². The molecule has 214 valence electrons. The highest BCUT2D eigenvalue weighted by Crippen LogP contribution is 2.24. The molecule has 1 fully saturated rings. The van der Waals surface area contributed by atoms with Crippen LogP contribution in [0.5, 0.6) is 0 Å². The average Bonchev–Trinajstić information content (AvgIpc) is 2.99. The van der Waals surface area contributed by atoms with Crippen molar-refractivity contribution in [3.05, 3.63) is 82.9 Å². The summed E-state index contributed by atoms with van der Waals surface area (Å²) in [4.78, 5) is 54.0. The summed E-state index contributed by atoms with van der Waals surface area (Å²) < 4.78 is 0. The molecule has 0 radical (unpaired) electrons. The SMILES string of the molecule is CCNC(=O)c1ccc2c(c1)CCN(C(=O)C(Cc1ccc3ccccc3c1)NC(=O)C1CCN(C(=O)O)CC1)C2. The van der Waals surface area contributed by atoms with Gasteiger partial charge in [-0.15, -0.1) is 0 Å². The zero-order valence-electron chi connectivity index (χ0n) is 23.3. The Morgan fingerprint density at radius 3 is 2.39 bits per heavy atom. The Bertz CT molecular complexity index is 1460. The molecule has 9 nitrogen and oxygen atoms in total. The van der Waals surface area contributed by atoms with Crippen molar-refractivity contribution < 1.29 is 24.3 Å². The van der Waals surface area contributed by atoms with Crippen molar-refractivity contribution in [2.24, 2.45) is 5.92 Å². The number of nitrogens with one attached hydrogen (secondary N) is 2. The van der Waals surface area contributed by atoms with Gasteiger partial charge in [-0.05, 0) is 65.8 Å². The topological polar surface area (TPSA) is 119 Å². The summed E-state index contributed by atoms with van der Waals surface area (Å²) in [5, 5.41) is 17.3. The molecular weight excluding hydrogens is 520 g/mol. The molecule has 0 bridgehead atoms. The van der Waals surface area contributed by atoms with Crippen LogP contribution in [0.4, 0.5) is 4.79 Å². The molecule has 0 spiro atoms. The van der Waals surface area contributed by atoms with E-state index >= 15 is 0 Å². The lowest BCUT2D eigenvalue weighted by molar-refractivity contribution is -0.138. The molecule has 9 heteroatoms. The molecule has 3 N–H and O–H groups in total. The van der Waals surface area contributed by atoms with Crippen LogP contribution in [-0.4, -0.2) is 70.9 Å². The Labute approximate surface area is 239 Å². The summed E-state index contributed by atoms with van der Waals surface area (Å²) in [6, 6.07) is 18.9. The summed E-state index contributed by atoms with van der Waals surface area (Å²) >= 11 is 0. The lowest BCUT2D eigenvalue weighted by Gasteiger charge is -2.34. The van der Waals surface area contributed by atoms with Crippen molar-refractivity contribution in [3.63, 3.8) is 0 Å². The van der Waals surface area contributed by atoms with E-state index in [9.17, 15) is 24.3 Å². The summed E-state index contributed by atoms with van der Waals surface area (Å²) in [6.07, 6.45) is 0.860. The van der Waals surface area contributed by atoms with E-state index in [1.165, 1.54) is 4.90 Å². The van der Waals surface area contributed by atoms with Gasteiger partial charge in [-0.1, -0.05) is 48.5 Å². The minimum absolute atomic E-state index is 0.110. The number of carboxylic acid groups (broad SMARTS) is 1. The van der Waals surface area contributed by atoms with Gasteiger partial charge in [0.2, 0.25) is 11.8 Å². The average molecular weight is 557 g/mol. The molecule has 3 aromatic carbocycles. The summed E-state index contributed by atoms with van der Waals surface area (Å²) in [5.41, 5.74) is 3.61. The molecular formula is C32H36N4O5. The maximum atomic E-state index is 14.0. The van der Waals surface area contributed by atoms with Crippen LogP contribution in [-0.2, 0) is 29.0 Å². The van der Waals surface area contributed by atoms with Crippen LogP contribution in [0, 0.1) is 5.92 Å². The van der Waals surface area contributed by atoms with Gasteiger partial charge in [-0.3, -0.25) is 14.4 Å². The number of carbonyl (C=O) groups excluding carboxylic acids is 3. The Kier molecular flexibility index (Phi) is 8.52. The number of carbonyl (C=O) groups is 4. The molecule has 0 aliphatic carbocycles. The second-order valence-corrected chi connectivity index (χ2v) is 10.8. The number of rotatable bonds is 7. The van der Waals surface area contributed by atoms with E-state index in [-0.39, 0.29) is 23.6 Å². The number of piperidine rings is 1. The van der Waals surface area contributed by atoms with E-state index in [4.69, 9.17) is 0 Å². The van der Waals surface area contributed by atoms with Crippen LogP contribution >= 0.6 is 0 Å². The smallest absolute Gasteiger partial charge is 0.407 e. The van der Waals surface area contributed by atoms with Crippen molar-refractivity contribution in [2.75, 3.05) is 26.2 Å².